The van der Waals surface area contributed by atoms with Crippen LogP contribution < -0.4 is 4.74 Å². The van der Waals surface area contributed by atoms with Gasteiger partial charge in [0, 0.05) is 30.4 Å². The molecule has 0 unspecified atom stereocenters. The van der Waals surface area contributed by atoms with E-state index in [-0.39, 0.29) is 18.3 Å². The molecule has 0 bridgehead atoms. The van der Waals surface area contributed by atoms with Crippen molar-refractivity contribution >= 4 is 17.7 Å². The Balaban J connectivity index is 2.36. The van der Waals surface area contributed by atoms with Gasteiger partial charge in [0.05, 0.1) is 19.8 Å². The van der Waals surface area contributed by atoms with Crippen LogP contribution in [0.1, 0.15) is 63.2 Å². The molecule has 162 valence electrons. The first kappa shape index (κ1) is 23.2. The van der Waals surface area contributed by atoms with Crippen molar-refractivity contribution in [2.24, 2.45) is 0 Å². The summed E-state index contributed by atoms with van der Waals surface area (Å²) in [5, 5.41) is 0. The maximum Gasteiger partial charge on any atom is 0.355 e. The minimum absolute atomic E-state index is 0.216. The van der Waals surface area contributed by atoms with E-state index in [4.69, 9.17) is 9.47 Å². The lowest BCUT2D eigenvalue weighted by Gasteiger charge is -2.24. The van der Waals surface area contributed by atoms with Crippen molar-refractivity contribution < 1.29 is 23.9 Å². The van der Waals surface area contributed by atoms with E-state index in [9.17, 15) is 14.4 Å². The molecule has 0 spiro atoms. The third-order valence-electron chi connectivity index (χ3n) is 5.42. The molecule has 0 saturated heterocycles. The number of benzene rings is 1. The Labute approximate surface area is 177 Å². The summed E-state index contributed by atoms with van der Waals surface area (Å²) in [5.41, 5.74) is 2.58. The predicted octanol–water partition coefficient (Wildman–Crippen LogP) is 3.65. The Morgan fingerprint density at radius 2 is 1.70 bits per heavy atom. The topological polar surface area (TPSA) is 77.8 Å². The molecule has 0 N–H and O–H groups in total. The number of ketones is 1. The van der Waals surface area contributed by atoms with E-state index in [2.05, 4.69) is 0 Å². The summed E-state index contributed by atoms with van der Waals surface area (Å²) >= 11 is 0. The van der Waals surface area contributed by atoms with Crippen LogP contribution in [0.25, 0.3) is 0 Å². The SMILES string of the molecule is CCOC(=O)c1c(C)c(C(=O)[C@@H](C)N(C)C(=O)c2ccc(OC)cc2)c(C)n1CC. The van der Waals surface area contributed by atoms with Crippen LogP contribution in [-0.4, -0.2) is 53.9 Å². The lowest BCUT2D eigenvalue weighted by atomic mass is 9.99. The molecule has 0 aliphatic carbocycles. The Morgan fingerprint density at radius 1 is 1.10 bits per heavy atom. The van der Waals surface area contributed by atoms with Crippen LogP contribution in [0, 0.1) is 13.8 Å². The predicted molar refractivity (Wildman–Crippen MR) is 114 cm³/mol. The van der Waals surface area contributed by atoms with Crippen molar-refractivity contribution in [3.63, 3.8) is 0 Å². The maximum atomic E-state index is 13.3. The highest BCUT2D eigenvalue weighted by atomic mass is 16.5. The van der Waals surface area contributed by atoms with Gasteiger partial charge in [-0.15, -0.1) is 0 Å². The molecule has 1 heterocycles. The van der Waals surface area contributed by atoms with Crippen LogP contribution in [0.4, 0.5) is 0 Å². The van der Waals surface area contributed by atoms with Crippen LogP contribution in [0.2, 0.25) is 0 Å². The number of esters is 1. The van der Waals surface area contributed by atoms with Gasteiger partial charge < -0.3 is 18.9 Å². The van der Waals surface area contributed by atoms with Gasteiger partial charge in [0.25, 0.3) is 5.91 Å². The lowest BCUT2D eigenvalue weighted by molar-refractivity contribution is 0.0512. The molecule has 2 aromatic rings. The smallest absolute Gasteiger partial charge is 0.355 e. The quantitative estimate of drug-likeness (QED) is 0.487. The van der Waals surface area contributed by atoms with E-state index in [0.717, 1.165) is 0 Å². The fraction of sp³-hybridized carbons (Fsp3) is 0.435. The average molecular weight is 415 g/mol. The van der Waals surface area contributed by atoms with E-state index >= 15 is 0 Å². The lowest BCUT2D eigenvalue weighted by Crippen LogP contribution is -2.40. The number of carbonyl (C=O) groups excluding carboxylic acids is 3. The number of aromatic nitrogens is 1. The third-order valence-corrected chi connectivity index (χ3v) is 5.42. The van der Waals surface area contributed by atoms with Crippen molar-refractivity contribution in [3.05, 3.63) is 52.3 Å². The molecule has 1 atom stereocenters. The molecule has 1 amide bonds. The highest BCUT2D eigenvalue weighted by Gasteiger charge is 2.31. The van der Waals surface area contributed by atoms with Crippen molar-refractivity contribution in [1.29, 1.82) is 0 Å². The molecule has 0 radical (unpaired) electrons. The summed E-state index contributed by atoms with van der Waals surface area (Å²) in [7, 11) is 3.16. The van der Waals surface area contributed by atoms with Crippen molar-refractivity contribution in [2.75, 3.05) is 20.8 Å². The fourth-order valence-electron chi connectivity index (χ4n) is 3.61. The van der Waals surface area contributed by atoms with E-state index in [1.54, 1.807) is 63.8 Å². The Bertz CT molecular complexity index is 943. The molecule has 7 heteroatoms. The van der Waals surface area contributed by atoms with Gasteiger partial charge in [-0.25, -0.2) is 4.79 Å². The first-order valence-corrected chi connectivity index (χ1v) is 10.0. The van der Waals surface area contributed by atoms with Gasteiger partial charge in [-0.05, 0) is 64.4 Å². The number of nitrogens with zero attached hydrogens (tertiary/aromatic N) is 2. The Hall–Kier alpha value is -3.09. The second kappa shape index (κ2) is 9.61. The van der Waals surface area contributed by atoms with Crippen LogP contribution in [0.3, 0.4) is 0 Å². The standard InChI is InChI=1S/C23H30N2O5/c1-8-25-15(4)19(14(3)20(25)23(28)30-9-2)21(26)16(5)24(6)22(27)17-10-12-18(29-7)13-11-17/h10-13,16H,8-9H2,1-7H3/t16-/m1/s1. The van der Waals surface area contributed by atoms with Gasteiger partial charge in [-0.2, -0.15) is 0 Å². The van der Waals surface area contributed by atoms with E-state index in [1.165, 1.54) is 4.90 Å². The number of rotatable bonds is 8. The molecular formula is C23H30N2O5. The second-order valence-corrected chi connectivity index (χ2v) is 7.08. The zero-order valence-corrected chi connectivity index (χ0v) is 18.7. The summed E-state index contributed by atoms with van der Waals surface area (Å²) in [6.07, 6.45) is 0. The van der Waals surface area contributed by atoms with Gasteiger partial charge in [-0.1, -0.05) is 0 Å². The zero-order chi connectivity index (χ0) is 22.6. The van der Waals surface area contributed by atoms with Gasteiger partial charge in [0.1, 0.15) is 11.4 Å². The monoisotopic (exact) mass is 414 g/mol. The summed E-state index contributed by atoms with van der Waals surface area (Å²) in [6, 6.07) is 6.03. The number of hydrogen-bond donors (Lipinski definition) is 0. The van der Waals surface area contributed by atoms with E-state index in [1.807, 2.05) is 13.8 Å². The molecule has 2 rings (SSSR count). The average Bonchev–Trinajstić information content (AvgIpc) is 3.01. The van der Waals surface area contributed by atoms with Crippen LogP contribution in [0.15, 0.2) is 24.3 Å². The molecule has 30 heavy (non-hydrogen) atoms. The maximum absolute atomic E-state index is 13.3. The summed E-state index contributed by atoms with van der Waals surface area (Å²) in [4.78, 5) is 40.1. The van der Waals surface area contributed by atoms with Crippen LogP contribution >= 0.6 is 0 Å². The largest absolute Gasteiger partial charge is 0.497 e. The van der Waals surface area contributed by atoms with Gasteiger partial charge in [0.15, 0.2) is 5.78 Å². The summed E-state index contributed by atoms with van der Waals surface area (Å²) < 4.78 is 12.1. The minimum Gasteiger partial charge on any atom is -0.497 e. The number of hydrogen-bond acceptors (Lipinski definition) is 5. The minimum atomic E-state index is -0.709. The van der Waals surface area contributed by atoms with Gasteiger partial charge in [-0.3, -0.25) is 9.59 Å². The first-order chi connectivity index (χ1) is 14.2. The molecule has 1 aromatic heterocycles. The molecule has 0 aliphatic rings. The molecule has 0 aliphatic heterocycles. The normalized spacial score (nSPS) is 11.7. The zero-order valence-electron chi connectivity index (χ0n) is 18.7. The number of amides is 1. The van der Waals surface area contributed by atoms with Crippen LogP contribution in [0.5, 0.6) is 5.75 Å². The number of methoxy groups -OCH3 is 1. The van der Waals surface area contributed by atoms with Gasteiger partial charge >= 0.3 is 5.97 Å². The Morgan fingerprint density at radius 3 is 2.20 bits per heavy atom. The van der Waals surface area contributed by atoms with Gasteiger partial charge in [0.2, 0.25) is 0 Å². The third kappa shape index (κ3) is 4.25. The summed E-state index contributed by atoms with van der Waals surface area (Å²) in [6.45, 7) is 9.69. The molecular weight excluding hydrogens is 384 g/mol. The fourth-order valence-corrected chi connectivity index (χ4v) is 3.61. The van der Waals surface area contributed by atoms with E-state index < -0.39 is 12.0 Å². The number of likely N-dealkylation sites (N-methyl/N-ethyl adjacent to an activating group) is 1. The Kier molecular flexibility index (Phi) is 7.43. The van der Waals surface area contributed by atoms with Crippen molar-refractivity contribution in [1.82, 2.24) is 9.47 Å². The highest BCUT2D eigenvalue weighted by Crippen LogP contribution is 2.26. The van der Waals surface area contributed by atoms with Crippen molar-refractivity contribution in [3.8, 4) is 5.75 Å². The molecule has 0 fully saturated rings. The number of carbonyl (C=O) groups is 3. The highest BCUT2D eigenvalue weighted by molar-refractivity contribution is 6.07. The molecule has 0 saturated carbocycles. The number of Topliss-reactive ketones (excluding diaryl/α,β-unsaturated/α-hetero) is 1. The first-order valence-electron chi connectivity index (χ1n) is 10.0. The van der Waals surface area contributed by atoms with Crippen molar-refractivity contribution in [2.45, 2.75) is 47.2 Å². The van der Waals surface area contributed by atoms with E-state index in [0.29, 0.717) is 40.4 Å². The van der Waals surface area contributed by atoms with Crippen LogP contribution in [-0.2, 0) is 11.3 Å². The molecule has 7 nitrogen and oxygen atoms in total. The molecule has 1 aromatic carbocycles. The number of ether oxygens (including phenoxy) is 2. The summed E-state index contributed by atoms with van der Waals surface area (Å²) in [5.74, 6) is -0.284. The second-order valence-electron chi connectivity index (χ2n) is 7.08.